The molecule has 2 aliphatic carbocycles. The Morgan fingerprint density at radius 2 is 1.07 bits per heavy atom. The van der Waals surface area contributed by atoms with Crippen LogP contribution in [-0.2, 0) is 18.3 Å². The molecule has 1 heterocycles. The van der Waals surface area contributed by atoms with E-state index >= 15 is 0 Å². The van der Waals surface area contributed by atoms with Crippen LogP contribution in [0.2, 0.25) is 0 Å². The summed E-state index contributed by atoms with van der Waals surface area (Å²) in [5.74, 6) is 0. The molecule has 8 aromatic rings. The lowest BCUT2D eigenvalue weighted by molar-refractivity contribution is 0.564. The van der Waals surface area contributed by atoms with Crippen LogP contribution in [0.4, 0.5) is 0 Å². The van der Waals surface area contributed by atoms with Crippen molar-refractivity contribution in [3.05, 3.63) is 162 Å². The van der Waals surface area contributed by atoms with Gasteiger partial charge in [0.1, 0.15) is 0 Å². The minimum absolute atomic E-state index is 0.0844. The average Bonchev–Trinajstić information content (AvgIpc) is 3.59. The van der Waals surface area contributed by atoms with Crippen LogP contribution in [-0.4, -0.2) is 4.98 Å². The van der Waals surface area contributed by atoms with Crippen molar-refractivity contribution in [3.63, 3.8) is 0 Å². The molecule has 2 aliphatic rings. The molecule has 0 saturated heterocycles. The van der Waals surface area contributed by atoms with Crippen molar-refractivity contribution in [1.29, 1.82) is 0 Å². The number of aromatic nitrogens is 1. The Morgan fingerprint density at radius 1 is 0.465 bits per heavy atom. The van der Waals surface area contributed by atoms with Crippen molar-refractivity contribution in [2.45, 2.75) is 18.3 Å². The number of hydrogen-bond acceptors (Lipinski definition) is 1. The van der Waals surface area contributed by atoms with Gasteiger partial charge in [0, 0.05) is 17.2 Å². The molecule has 1 spiro atoms. The van der Waals surface area contributed by atoms with E-state index in [2.05, 4.69) is 127 Å². The fourth-order valence-electron chi connectivity index (χ4n) is 8.34. The Kier molecular flexibility index (Phi) is 4.55. The Balaban J connectivity index is 1.21. The van der Waals surface area contributed by atoms with Crippen molar-refractivity contribution in [3.8, 4) is 33.5 Å². The van der Waals surface area contributed by atoms with Gasteiger partial charge in [-0.15, -0.1) is 0 Å². The van der Waals surface area contributed by atoms with E-state index in [1.54, 1.807) is 0 Å². The van der Waals surface area contributed by atoms with Crippen molar-refractivity contribution in [2.75, 3.05) is 0 Å². The van der Waals surface area contributed by atoms with E-state index in [1.165, 1.54) is 82.4 Å². The molecule has 7 aromatic carbocycles. The maximum Gasteiger partial charge on any atom is 0.0702 e. The molecular formula is C42H27N. The summed E-state index contributed by atoms with van der Waals surface area (Å²) in [5, 5.41) is 8.00. The molecule has 0 N–H and O–H groups in total. The van der Waals surface area contributed by atoms with Gasteiger partial charge in [0.25, 0.3) is 0 Å². The van der Waals surface area contributed by atoms with Crippen LogP contribution in [0.1, 0.15) is 22.3 Å². The first kappa shape index (κ1) is 23.3. The van der Waals surface area contributed by atoms with Gasteiger partial charge in [0.2, 0.25) is 0 Å². The smallest absolute Gasteiger partial charge is 0.0702 e. The molecule has 43 heavy (non-hydrogen) atoms. The number of pyridine rings is 1. The molecule has 0 bridgehead atoms. The summed E-state index contributed by atoms with van der Waals surface area (Å²) >= 11 is 0. The molecule has 200 valence electrons. The summed E-state index contributed by atoms with van der Waals surface area (Å²) < 4.78 is 0. The molecule has 10 rings (SSSR count). The van der Waals surface area contributed by atoms with Gasteiger partial charge in [0.15, 0.2) is 0 Å². The van der Waals surface area contributed by atoms with E-state index in [-0.39, 0.29) is 5.41 Å². The largest absolute Gasteiger partial charge is 0.256 e. The lowest BCUT2D eigenvalue weighted by Crippen LogP contribution is -2.26. The van der Waals surface area contributed by atoms with E-state index in [0.29, 0.717) is 0 Å². The summed E-state index contributed by atoms with van der Waals surface area (Å²) in [6.07, 6.45) is 3.94. The molecule has 1 heteroatoms. The molecule has 0 fully saturated rings. The van der Waals surface area contributed by atoms with Crippen LogP contribution in [0, 0.1) is 0 Å². The van der Waals surface area contributed by atoms with Gasteiger partial charge in [0.05, 0.1) is 5.69 Å². The molecule has 1 aromatic heterocycles. The maximum absolute atomic E-state index is 4.70. The van der Waals surface area contributed by atoms with Gasteiger partial charge in [-0.25, -0.2) is 0 Å². The fraction of sp³-hybridized carbons (Fsp3) is 0.0714. The van der Waals surface area contributed by atoms with Gasteiger partial charge in [-0.2, -0.15) is 0 Å². The van der Waals surface area contributed by atoms with Crippen LogP contribution in [0.15, 0.2) is 140 Å². The highest BCUT2D eigenvalue weighted by atomic mass is 14.7. The van der Waals surface area contributed by atoms with Crippen LogP contribution >= 0.6 is 0 Å². The van der Waals surface area contributed by atoms with Crippen LogP contribution < -0.4 is 0 Å². The molecule has 1 nitrogen and oxygen atoms in total. The second-order valence-corrected chi connectivity index (χ2v) is 12.4. The van der Waals surface area contributed by atoms with Crippen molar-refractivity contribution < 1.29 is 0 Å². The Hall–Kier alpha value is -5.27. The highest BCUT2D eigenvalue weighted by molar-refractivity contribution is 6.25. The molecule has 0 saturated carbocycles. The zero-order valence-corrected chi connectivity index (χ0v) is 23.6. The lowest BCUT2D eigenvalue weighted by Gasteiger charge is -2.28. The third-order valence-electron chi connectivity index (χ3n) is 10.3. The van der Waals surface area contributed by atoms with Gasteiger partial charge in [-0.05, 0) is 114 Å². The second kappa shape index (κ2) is 8.40. The molecule has 0 atom stereocenters. The van der Waals surface area contributed by atoms with E-state index in [4.69, 9.17) is 4.98 Å². The summed E-state index contributed by atoms with van der Waals surface area (Å²) in [6.45, 7) is 0. The zero-order chi connectivity index (χ0) is 28.1. The predicted octanol–water partition coefficient (Wildman–Crippen LogP) is 10.4. The highest BCUT2D eigenvalue weighted by Gasteiger charge is 2.47. The Morgan fingerprint density at radius 3 is 1.79 bits per heavy atom. The summed E-state index contributed by atoms with van der Waals surface area (Å²) in [7, 11) is 0. The first-order valence-electron chi connectivity index (χ1n) is 15.2. The first-order valence-corrected chi connectivity index (χ1v) is 15.2. The predicted molar refractivity (Wildman–Crippen MR) is 179 cm³/mol. The summed E-state index contributed by atoms with van der Waals surface area (Å²) in [5.41, 5.74) is 13.3. The Labute approximate surface area is 250 Å². The number of fused-ring (bicyclic) bond motifs is 6. The van der Waals surface area contributed by atoms with Gasteiger partial charge < -0.3 is 0 Å². The minimum atomic E-state index is -0.0844. The maximum atomic E-state index is 4.70. The third kappa shape index (κ3) is 3.14. The quantitative estimate of drug-likeness (QED) is 0.197. The molecule has 0 radical (unpaired) electrons. The minimum Gasteiger partial charge on any atom is -0.256 e. The standard InChI is InChI=1S/C42H27N/c1-2-7-32-25-42(24-31(32)6-1)37-22-29(15-18-34(37)35-19-16-30(23-38(35)42)39-10-3-4-21-43-39)33-17-13-28-12-11-26-8-5-9-27-14-20-36(33)41(28)40(26)27/h1-23H,24-25H2. The van der Waals surface area contributed by atoms with Crippen molar-refractivity contribution in [2.24, 2.45) is 0 Å². The summed E-state index contributed by atoms with van der Waals surface area (Å²) in [6, 6.07) is 50.0. The van der Waals surface area contributed by atoms with E-state index in [9.17, 15) is 0 Å². The molecule has 0 aliphatic heterocycles. The lowest BCUT2D eigenvalue weighted by atomic mass is 9.74. The van der Waals surface area contributed by atoms with E-state index < -0.39 is 0 Å². The Bertz CT molecular complexity index is 2360. The van der Waals surface area contributed by atoms with Crippen LogP contribution in [0.3, 0.4) is 0 Å². The van der Waals surface area contributed by atoms with E-state index in [0.717, 1.165) is 18.5 Å². The van der Waals surface area contributed by atoms with E-state index in [1.807, 2.05) is 12.3 Å². The monoisotopic (exact) mass is 545 g/mol. The number of rotatable bonds is 2. The number of benzene rings is 7. The molecular weight excluding hydrogens is 518 g/mol. The normalized spacial score (nSPS) is 14.5. The second-order valence-electron chi connectivity index (χ2n) is 12.4. The number of hydrogen-bond donors (Lipinski definition) is 0. The average molecular weight is 546 g/mol. The third-order valence-corrected chi connectivity index (χ3v) is 10.3. The summed E-state index contributed by atoms with van der Waals surface area (Å²) in [4.78, 5) is 4.70. The van der Waals surface area contributed by atoms with Gasteiger partial charge in [-0.1, -0.05) is 109 Å². The molecule has 0 unspecified atom stereocenters. The zero-order valence-electron chi connectivity index (χ0n) is 23.6. The van der Waals surface area contributed by atoms with Gasteiger partial charge >= 0.3 is 0 Å². The fourth-order valence-corrected chi connectivity index (χ4v) is 8.34. The number of nitrogens with zero attached hydrogens (tertiary/aromatic N) is 1. The van der Waals surface area contributed by atoms with Gasteiger partial charge in [-0.3, -0.25) is 4.98 Å². The highest BCUT2D eigenvalue weighted by Crippen LogP contribution is 2.57. The SMILES string of the molecule is c1ccc(-c2ccc3c(c2)C2(Cc4ccccc4C2)c2cc(-c4ccc5ccc6cccc7ccc4c5c67)ccc2-3)nc1. The van der Waals surface area contributed by atoms with Crippen molar-refractivity contribution >= 4 is 32.3 Å². The van der Waals surface area contributed by atoms with Crippen LogP contribution in [0.5, 0.6) is 0 Å². The first-order chi connectivity index (χ1) is 21.3. The topological polar surface area (TPSA) is 12.9 Å². The van der Waals surface area contributed by atoms with Crippen LogP contribution in [0.25, 0.3) is 65.8 Å². The van der Waals surface area contributed by atoms with Crippen molar-refractivity contribution in [1.82, 2.24) is 4.98 Å². The molecule has 0 amide bonds.